The average molecular weight is 247 g/mol. The summed E-state index contributed by atoms with van der Waals surface area (Å²) in [5, 5.41) is 0. The van der Waals surface area contributed by atoms with Gasteiger partial charge in [-0.25, -0.2) is 0 Å². The number of fused-ring (bicyclic) bond motifs is 1. The Hall–Kier alpha value is -1.55. The highest BCUT2D eigenvalue weighted by Crippen LogP contribution is 2.29. The van der Waals surface area contributed by atoms with E-state index in [2.05, 4.69) is 6.07 Å². The average Bonchev–Trinajstić information content (AvgIpc) is 2.91. The fourth-order valence-corrected chi connectivity index (χ4v) is 2.56. The van der Waals surface area contributed by atoms with Gasteiger partial charge in [0, 0.05) is 25.1 Å². The van der Waals surface area contributed by atoms with Crippen molar-refractivity contribution in [3.8, 4) is 5.75 Å². The third-order valence-corrected chi connectivity index (χ3v) is 3.59. The molecule has 0 radical (unpaired) electrons. The fourth-order valence-electron chi connectivity index (χ4n) is 2.56. The molecule has 1 unspecified atom stereocenters. The SMILES string of the molecule is O=CN1CCc2cccc(OC3CCOC3)c2C1. The van der Waals surface area contributed by atoms with Gasteiger partial charge in [-0.1, -0.05) is 12.1 Å². The molecule has 3 rings (SSSR count). The summed E-state index contributed by atoms with van der Waals surface area (Å²) in [6, 6.07) is 6.14. The molecule has 1 amide bonds. The topological polar surface area (TPSA) is 38.8 Å². The van der Waals surface area contributed by atoms with E-state index in [1.807, 2.05) is 12.1 Å². The highest BCUT2D eigenvalue weighted by Gasteiger charge is 2.22. The van der Waals surface area contributed by atoms with E-state index in [0.717, 1.165) is 43.7 Å². The predicted octanol–water partition coefficient (Wildman–Crippen LogP) is 1.37. The monoisotopic (exact) mass is 247 g/mol. The van der Waals surface area contributed by atoms with Crippen LogP contribution in [0, 0.1) is 0 Å². The Morgan fingerprint density at radius 2 is 2.39 bits per heavy atom. The molecule has 1 aromatic carbocycles. The molecule has 0 bridgehead atoms. The van der Waals surface area contributed by atoms with Crippen LogP contribution >= 0.6 is 0 Å². The van der Waals surface area contributed by atoms with E-state index in [1.165, 1.54) is 5.56 Å². The van der Waals surface area contributed by atoms with E-state index in [9.17, 15) is 4.79 Å². The summed E-state index contributed by atoms with van der Waals surface area (Å²) < 4.78 is 11.3. The Labute approximate surface area is 106 Å². The minimum Gasteiger partial charge on any atom is -0.488 e. The maximum Gasteiger partial charge on any atom is 0.210 e. The second-order valence-corrected chi connectivity index (χ2v) is 4.82. The number of nitrogens with zero attached hydrogens (tertiary/aromatic N) is 1. The first-order valence-electron chi connectivity index (χ1n) is 6.41. The summed E-state index contributed by atoms with van der Waals surface area (Å²) in [5.74, 6) is 0.912. The Morgan fingerprint density at radius 1 is 1.44 bits per heavy atom. The molecule has 96 valence electrons. The molecule has 2 aliphatic heterocycles. The molecule has 0 saturated carbocycles. The van der Waals surface area contributed by atoms with Crippen LogP contribution in [0.3, 0.4) is 0 Å². The highest BCUT2D eigenvalue weighted by molar-refractivity contribution is 5.51. The first-order valence-corrected chi connectivity index (χ1v) is 6.41. The zero-order valence-corrected chi connectivity index (χ0v) is 10.3. The van der Waals surface area contributed by atoms with Gasteiger partial charge in [0.05, 0.1) is 13.2 Å². The molecule has 2 heterocycles. The number of carbonyl (C=O) groups excluding carboxylic acids is 1. The maximum atomic E-state index is 10.9. The lowest BCUT2D eigenvalue weighted by Crippen LogP contribution is -2.30. The Morgan fingerprint density at radius 3 is 3.17 bits per heavy atom. The molecule has 0 N–H and O–H groups in total. The lowest BCUT2D eigenvalue weighted by atomic mass is 9.99. The van der Waals surface area contributed by atoms with Gasteiger partial charge in [0.15, 0.2) is 0 Å². The van der Waals surface area contributed by atoms with Crippen LogP contribution in [0.15, 0.2) is 18.2 Å². The molecule has 2 aliphatic rings. The van der Waals surface area contributed by atoms with E-state index in [1.54, 1.807) is 4.90 Å². The van der Waals surface area contributed by atoms with Crippen LogP contribution in [0.4, 0.5) is 0 Å². The molecule has 1 fully saturated rings. The zero-order valence-electron chi connectivity index (χ0n) is 10.3. The van der Waals surface area contributed by atoms with Gasteiger partial charge in [-0.05, 0) is 18.1 Å². The van der Waals surface area contributed by atoms with Gasteiger partial charge in [0.2, 0.25) is 6.41 Å². The van der Waals surface area contributed by atoms with Crippen molar-refractivity contribution in [1.82, 2.24) is 4.90 Å². The van der Waals surface area contributed by atoms with Crippen molar-refractivity contribution < 1.29 is 14.3 Å². The minimum absolute atomic E-state index is 0.156. The molecule has 1 aromatic rings. The van der Waals surface area contributed by atoms with Gasteiger partial charge in [0.1, 0.15) is 11.9 Å². The van der Waals surface area contributed by atoms with Crippen LogP contribution in [0.5, 0.6) is 5.75 Å². The summed E-state index contributed by atoms with van der Waals surface area (Å²) in [7, 11) is 0. The molecule has 0 aromatic heterocycles. The molecule has 4 heteroatoms. The van der Waals surface area contributed by atoms with Crippen LogP contribution in [-0.4, -0.2) is 37.2 Å². The second-order valence-electron chi connectivity index (χ2n) is 4.82. The van der Waals surface area contributed by atoms with Crippen molar-refractivity contribution in [3.05, 3.63) is 29.3 Å². The summed E-state index contributed by atoms with van der Waals surface area (Å²) in [5.41, 5.74) is 2.45. The van der Waals surface area contributed by atoms with Gasteiger partial charge in [0.25, 0.3) is 0 Å². The molecule has 18 heavy (non-hydrogen) atoms. The summed E-state index contributed by atoms with van der Waals surface area (Å²) in [6.07, 6.45) is 2.93. The first-order chi connectivity index (χ1) is 8.86. The Bertz CT molecular complexity index is 441. The van der Waals surface area contributed by atoms with Crippen molar-refractivity contribution >= 4 is 6.41 Å². The van der Waals surface area contributed by atoms with Crippen LogP contribution in [0.1, 0.15) is 17.5 Å². The van der Waals surface area contributed by atoms with Gasteiger partial charge < -0.3 is 14.4 Å². The number of amides is 1. The number of benzene rings is 1. The van der Waals surface area contributed by atoms with Crippen molar-refractivity contribution in [2.75, 3.05) is 19.8 Å². The van der Waals surface area contributed by atoms with E-state index in [-0.39, 0.29) is 6.10 Å². The molecule has 0 aliphatic carbocycles. The van der Waals surface area contributed by atoms with Gasteiger partial charge in [-0.15, -0.1) is 0 Å². The third kappa shape index (κ3) is 2.20. The van der Waals surface area contributed by atoms with E-state index >= 15 is 0 Å². The van der Waals surface area contributed by atoms with Gasteiger partial charge in [-0.3, -0.25) is 4.79 Å². The Kier molecular flexibility index (Phi) is 3.19. The smallest absolute Gasteiger partial charge is 0.210 e. The quantitative estimate of drug-likeness (QED) is 0.757. The molecule has 1 saturated heterocycles. The highest BCUT2D eigenvalue weighted by atomic mass is 16.5. The molecule has 4 nitrogen and oxygen atoms in total. The van der Waals surface area contributed by atoms with Crippen LogP contribution in [0.2, 0.25) is 0 Å². The lowest BCUT2D eigenvalue weighted by molar-refractivity contribution is -0.118. The largest absolute Gasteiger partial charge is 0.488 e. The number of carbonyl (C=O) groups is 1. The molecule has 1 atom stereocenters. The number of hydrogen-bond donors (Lipinski definition) is 0. The summed E-state index contributed by atoms with van der Waals surface area (Å²) in [4.78, 5) is 12.7. The second kappa shape index (κ2) is 4.98. The standard InChI is InChI=1S/C14H17NO3/c16-10-15-6-4-11-2-1-3-14(13(11)8-15)18-12-5-7-17-9-12/h1-3,10,12H,4-9H2. The predicted molar refractivity (Wildman–Crippen MR) is 66.5 cm³/mol. The van der Waals surface area contributed by atoms with Crippen LogP contribution < -0.4 is 4.74 Å². The fraction of sp³-hybridized carbons (Fsp3) is 0.500. The summed E-state index contributed by atoms with van der Waals surface area (Å²) in [6.45, 7) is 2.90. The van der Waals surface area contributed by atoms with E-state index in [0.29, 0.717) is 13.2 Å². The van der Waals surface area contributed by atoms with Gasteiger partial charge in [-0.2, -0.15) is 0 Å². The van der Waals surface area contributed by atoms with E-state index in [4.69, 9.17) is 9.47 Å². The molecular formula is C14H17NO3. The van der Waals surface area contributed by atoms with Crippen molar-refractivity contribution in [1.29, 1.82) is 0 Å². The van der Waals surface area contributed by atoms with Crippen molar-refractivity contribution in [3.63, 3.8) is 0 Å². The maximum absolute atomic E-state index is 10.9. The minimum atomic E-state index is 0.156. The first kappa shape index (κ1) is 11.5. The number of hydrogen-bond acceptors (Lipinski definition) is 3. The van der Waals surface area contributed by atoms with Crippen LogP contribution in [-0.2, 0) is 22.5 Å². The van der Waals surface area contributed by atoms with Crippen molar-refractivity contribution in [2.24, 2.45) is 0 Å². The Balaban J connectivity index is 1.83. The molecular weight excluding hydrogens is 230 g/mol. The summed E-state index contributed by atoms with van der Waals surface area (Å²) >= 11 is 0. The number of ether oxygens (including phenoxy) is 2. The van der Waals surface area contributed by atoms with Crippen molar-refractivity contribution in [2.45, 2.75) is 25.5 Å². The van der Waals surface area contributed by atoms with Crippen LogP contribution in [0.25, 0.3) is 0 Å². The molecule has 0 spiro atoms. The zero-order chi connectivity index (χ0) is 12.4. The lowest BCUT2D eigenvalue weighted by Gasteiger charge is -2.27. The van der Waals surface area contributed by atoms with E-state index < -0.39 is 0 Å². The van der Waals surface area contributed by atoms with Gasteiger partial charge >= 0.3 is 0 Å². The number of rotatable bonds is 3. The third-order valence-electron chi connectivity index (χ3n) is 3.59. The normalized spacial score (nSPS) is 22.7.